The molecule has 0 aromatic rings. The van der Waals surface area contributed by atoms with Gasteiger partial charge in [-0.15, -0.1) is 0 Å². The molecule has 2 atom stereocenters. The first kappa shape index (κ1) is 16.1. The van der Waals surface area contributed by atoms with E-state index in [-0.39, 0.29) is 11.3 Å². The molecule has 0 aromatic carbocycles. The van der Waals surface area contributed by atoms with Gasteiger partial charge < -0.3 is 4.84 Å². The number of carbonyl (C=O) groups is 1. The Labute approximate surface area is 117 Å². The first-order valence-corrected chi connectivity index (χ1v) is 7.74. The third-order valence-corrected chi connectivity index (χ3v) is 4.31. The van der Waals surface area contributed by atoms with Crippen molar-refractivity contribution in [1.82, 2.24) is 0 Å². The minimum absolute atomic E-state index is 0.121. The predicted octanol–water partition coefficient (Wildman–Crippen LogP) is 4.84. The molecule has 1 aliphatic rings. The van der Waals surface area contributed by atoms with Crippen molar-refractivity contribution in [2.24, 2.45) is 15.8 Å². The molecular weight excluding hydrogens is 240 g/mol. The number of nitrogens with zero attached hydrogens (tertiary/aromatic N) is 2. The highest BCUT2D eigenvalue weighted by atomic mass is 16.7. The highest BCUT2D eigenvalue weighted by Crippen LogP contribution is 2.37. The van der Waals surface area contributed by atoms with Crippen molar-refractivity contribution in [2.45, 2.75) is 84.7 Å². The summed E-state index contributed by atoms with van der Waals surface area (Å²) >= 11 is 0. The summed E-state index contributed by atoms with van der Waals surface area (Å²) in [7, 11) is 0. The summed E-state index contributed by atoms with van der Waals surface area (Å²) in [5, 5.41) is 6.89. The van der Waals surface area contributed by atoms with E-state index in [1.165, 1.54) is 38.5 Å². The van der Waals surface area contributed by atoms with E-state index in [1.54, 1.807) is 0 Å². The quantitative estimate of drug-likeness (QED) is 0.532. The molecule has 4 heteroatoms. The lowest BCUT2D eigenvalue weighted by Gasteiger charge is -2.30. The molecule has 0 aromatic heterocycles. The summed E-state index contributed by atoms with van der Waals surface area (Å²) in [5.74, 6) is -0.215. The number of amides is 1. The van der Waals surface area contributed by atoms with Gasteiger partial charge in [-0.1, -0.05) is 70.8 Å². The zero-order valence-corrected chi connectivity index (χ0v) is 12.7. The van der Waals surface area contributed by atoms with Gasteiger partial charge in [0.1, 0.15) is 0 Å². The van der Waals surface area contributed by atoms with Gasteiger partial charge in [0.2, 0.25) is 6.10 Å². The summed E-state index contributed by atoms with van der Waals surface area (Å²) in [6.07, 6.45) is 10.5. The third-order valence-electron chi connectivity index (χ3n) is 4.31. The monoisotopic (exact) mass is 268 g/mol. The van der Waals surface area contributed by atoms with Gasteiger partial charge in [0.15, 0.2) is 0 Å². The molecule has 2 unspecified atom stereocenters. The molecule has 110 valence electrons. The van der Waals surface area contributed by atoms with Crippen LogP contribution >= 0.6 is 0 Å². The maximum absolute atomic E-state index is 11.6. The Morgan fingerprint density at radius 1 is 1.11 bits per heavy atom. The fraction of sp³-hybridized carbons (Fsp3) is 0.933. The van der Waals surface area contributed by atoms with Crippen molar-refractivity contribution >= 4 is 5.91 Å². The van der Waals surface area contributed by atoms with Gasteiger partial charge in [-0.25, -0.2) is 0 Å². The van der Waals surface area contributed by atoms with Gasteiger partial charge in [-0.3, -0.25) is 4.79 Å². The summed E-state index contributed by atoms with van der Waals surface area (Å²) < 4.78 is 0. The van der Waals surface area contributed by atoms with Gasteiger partial charge in [0.05, 0.1) is 0 Å². The van der Waals surface area contributed by atoms with Crippen LogP contribution in [0.4, 0.5) is 0 Å². The van der Waals surface area contributed by atoms with E-state index in [0.29, 0.717) is 0 Å². The largest absolute Gasteiger partial charge is 0.365 e. The van der Waals surface area contributed by atoms with Gasteiger partial charge in [-0.05, 0) is 12.8 Å². The van der Waals surface area contributed by atoms with Crippen molar-refractivity contribution in [1.29, 1.82) is 0 Å². The topological polar surface area (TPSA) is 51.0 Å². The Morgan fingerprint density at radius 2 is 1.74 bits per heavy atom. The van der Waals surface area contributed by atoms with Gasteiger partial charge in [0, 0.05) is 10.7 Å². The van der Waals surface area contributed by atoms with E-state index in [9.17, 15) is 4.79 Å². The lowest BCUT2D eigenvalue weighted by molar-refractivity contribution is -0.131. The van der Waals surface area contributed by atoms with Crippen LogP contribution in [-0.2, 0) is 9.63 Å². The number of rotatable bonds is 10. The molecule has 4 nitrogen and oxygen atoms in total. The smallest absolute Gasteiger partial charge is 0.311 e. The molecule has 19 heavy (non-hydrogen) atoms. The van der Waals surface area contributed by atoms with E-state index < -0.39 is 6.10 Å². The Bertz CT molecular complexity index is 305. The Balaban J connectivity index is 2.23. The molecule has 0 bridgehead atoms. The molecule has 0 saturated heterocycles. The van der Waals surface area contributed by atoms with E-state index >= 15 is 0 Å². The Morgan fingerprint density at radius 3 is 2.26 bits per heavy atom. The number of hydrogen-bond donors (Lipinski definition) is 0. The van der Waals surface area contributed by atoms with Crippen LogP contribution in [0.25, 0.3) is 0 Å². The highest BCUT2D eigenvalue weighted by Gasteiger charge is 2.42. The molecule has 0 saturated carbocycles. The van der Waals surface area contributed by atoms with Crippen molar-refractivity contribution in [2.75, 3.05) is 0 Å². The summed E-state index contributed by atoms with van der Waals surface area (Å²) in [6.45, 7) is 6.46. The molecular formula is C15H28N2O2. The van der Waals surface area contributed by atoms with Crippen LogP contribution in [0.15, 0.2) is 10.4 Å². The predicted molar refractivity (Wildman–Crippen MR) is 75.7 cm³/mol. The van der Waals surface area contributed by atoms with Crippen LogP contribution in [0.3, 0.4) is 0 Å². The molecule has 1 aliphatic heterocycles. The molecule has 1 heterocycles. The van der Waals surface area contributed by atoms with Crippen molar-refractivity contribution in [3.05, 3.63) is 0 Å². The molecule has 0 aliphatic carbocycles. The molecule has 1 rings (SSSR count). The fourth-order valence-electron chi connectivity index (χ4n) is 2.61. The standard InChI is InChI=1S/C15H28N2O2/c1-4-6-7-8-9-10-11-12-15(3,5-2)13-14(18)16-17-19-13/h13H,4-12H2,1-3H3. The summed E-state index contributed by atoms with van der Waals surface area (Å²) in [4.78, 5) is 16.7. The SMILES string of the molecule is CCCCCCCCCC(C)(CC)C1ON=NC1=O. The molecule has 1 amide bonds. The second kappa shape index (κ2) is 8.28. The van der Waals surface area contributed by atoms with Gasteiger partial charge >= 0.3 is 5.91 Å². The first-order chi connectivity index (χ1) is 9.14. The Kier molecular flexibility index (Phi) is 7.03. The number of hydrogen-bond acceptors (Lipinski definition) is 3. The molecule has 0 N–H and O–H groups in total. The van der Waals surface area contributed by atoms with Crippen molar-refractivity contribution < 1.29 is 9.63 Å². The van der Waals surface area contributed by atoms with E-state index in [2.05, 4.69) is 31.2 Å². The molecule has 0 radical (unpaired) electrons. The lowest BCUT2D eigenvalue weighted by Crippen LogP contribution is -2.36. The number of unbranched alkanes of at least 4 members (excludes halogenated alkanes) is 6. The van der Waals surface area contributed by atoms with E-state index in [4.69, 9.17) is 4.84 Å². The van der Waals surface area contributed by atoms with Crippen molar-refractivity contribution in [3.63, 3.8) is 0 Å². The second-order valence-corrected chi connectivity index (χ2v) is 5.88. The molecule has 0 fully saturated rings. The minimum Gasteiger partial charge on any atom is -0.365 e. The minimum atomic E-state index is -0.461. The fourth-order valence-corrected chi connectivity index (χ4v) is 2.61. The molecule has 0 spiro atoms. The van der Waals surface area contributed by atoms with Crippen LogP contribution in [-0.4, -0.2) is 12.0 Å². The summed E-state index contributed by atoms with van der Waals surface area (Å²) in [6, 6.07) is 0. The maximum atomic E-state index is 11.6. The highest BCUT2D eigenvalue weighted by molar-refractivity contribution is 5.82. The van der Waals surface area contributed by atoms with Crippen molar-refractivity contribution in [3.8, 4) is 0 Å². The average Bonchev–Trinajstić information content (AvgIpc) is 2.84. The normalized spacial score (nSPS) is 21.4. The lowest BCUT2D eigenvalue weighted by atomic mass is 9.76. The zero-order chi connectivity index (χ0) is 14.1. The first-order valence-electron chi connectivity index (χ1n) is 7.74. The third kappa shape index (κ3) is 4.92. The van der Waals surface area contributed by atoms with E-state index in [1.807, 2.05) is 0 Å². The van der Waals surface area contributed by atoms with E-state index in [0.717, 1.165) is 19.3 Å². The van der Waals surface area contributed by atoms with Crippen LogP contribution < -0.4 is 0 Å². The van der Waals surface area contributed by atoms with Gasteiger partial charge in [-0.2, -0.15) is 0 Å². The Hall–Kier alpha value is -0.930. The van der Waals surface area contributed by atoms with Gasteiger partial charge in [0.25, 0.3) is 0 Å². The van der Waals surface area contributed by atoms with Crippen LogP contribution in [0.2, 0.25) is 0 Å². The summed E-state index contributed by atoms with van der Waals surface area (Å²) in [5.41, 5.74) is -0.121. The number of carbonyl (C=O) groups excluding carboxylic acids is 1. The maximum Gasteiger partial charge on any atom is 0.311 e. The second-order valence-electron chi connectivity index (χ2n) is 5.88. The van der Waals surface area contributed by atoms with Crippen LogP contribution in [0.5, 0.6) is 0 Å². The van der Waals surface area contributed by atoms with Crippen LogP contribution in [0, 0.1) is 5.41 Å². The average molecular weight is 268 g/mol. The van der Waals surface area contributed by atoms with Crippen LogP contribution in [0.1, 0.15) is 78.6 Å². The zero-order valence-electron chi connectivity index (χ0n) is 12.7.